The van der Waals surface area contributed by atoms with E-state index in [9.17, 15) is 18.0 Å². The van der Waals surface area contributed by atoms with Crippen molar-refractivity contribution in [3.8, 4) is 22.5 Å². The lowest BCUT2D eigenvalue weighted by Gasteiger charge is -2.41. The zero-order valence-corrected chi connectivity index (χ0v) is 19.5. The highest BCUT2D eigenvalue weighted by atomic mass is 35.5. The van der Waals surface area contributed by atoms with Crippen LogP contribution in [0.5, 0.6) is 0 Å². The molecule has 1 aliphatic heterocycles. The SMILES string of the molecule is CC1(C)CCN(c2ccc(-c3noc(=O)[nH]3)c(Cl)c2)c2c(-c3ccc(C(F)(F)F)nc3)cccc21. The molecule has 180 valence electrons. The molecule has 0 saturated carbocycles. The normalized spacial score (nSPS) is 15.2. The molecule has 2 aromatic heterocycles. The quantitative estimate of drug-likeness (QED) is 0.344. The summed E-state index contributed by atoms with van der Waals surface area (Å²) in [6.07, 6.45) is -2.39. The van der Waals surface area contributed by atoms with Crippen LogP contribution in [0.25, 0.3) is 22.5 Å². The second kappa shape index (κ2) is 8.27. The molecule has 10 heteroatoms. The van der Waals surface area contributed by atoms with Crippen molar-refractivity contribution in [3.63, 3.8) is 0 Å². The first kappa shape index (κ1) is 23.2. The van der Waals surface area contributed by atoms with Gasteiger partial charge in [0, 0.05) is 35.1 Å². The molecule has 0 aliphatic carbocycles. The largest absolute Gasteiger partial charge is 0.439 e. The summed E-state index contributed by atoms with van der Waals surface area (Å²) in [6, 6.07) is 13.7. The van der Waals surface area contributed by atoms with Crippen LogP contribution in [0.2, 0.25) is 5.02 Å². The summed E-state index contributed by atoms with van der Waals surface area (Å²) in [5.74, 6) is -0.453. The van der Waals surface area contributed by atoms with E-state index in [1.54, 1.807) is 12.1 Å². The van der Waals surface area contributed by atoms with Gasteiger partial charge in [-0.05, 0) is 41.7 Å². The van der Waals surface area contributed by atoms with Crippen molar-refractivity contribution in [1.82, 2.24) is 15.1 Å². The number of aromatic nitrogens is 3. The number of aromatic amines is 1. The Morgan fingerprint density at radius 2 is 1.91 bits per heavy atom. The first-order chi connectivity index (χ1) is 16.5. The van der Waals surface area contributed by atoms with E-state index in [1.165, 1.54) is 12.3 Å². The van der Waals surface area contributed by atoms with E-state index < -0.39 is 17.6 Å². The van der Waals surface area contributed by atoms with Gasteiger partial charge in [-0.1, -0.05) is 54.9 Å². The van der Waals surface area contributed by atoms with Crippen molar-refractivity contribution < 1.29 is 17.7 Å². The van der Waals surface area contributed by atoms with E-state index in [1.807, 2.05) is 24.3 Å². The van der Waals surface area contributed by atoms with Crippen LogP contribution in [0.3, 0.4) is 0 Å². The van der Waals surface area contributed by atoms with Crippen LogP contribution in [0.1, 0.15) is 31.5 Å². The number of fused-ring (bicyclic) bond motifs is 1. The van der Waals surface area contributed by atoms with Crippen molar-refractivity contribution >= 4 is 23.0 Å². The van der Waals surface area contributed by atoms with Crippen LogP contribution in [0, 0.1) is 0 Å². The lowest BCUT2D eigenvalue weighted by atomic mass is 9.76. The van der Waals surface area contributed by atoms with Gasteiger partial charge in [0.25, 0.3) is 0 Å². The smallest absolute Gasteiger partial charge is 0.341 e. The molecule has 0 amide bonds. The summed E-state index contributed by atoms with van der Waals surface area (Å²) in [6.45, 7) is 4.96. The number of rotatable bonds is 3. The fraction of sp³-hybridized carbons (Fsp3) is 0.240. The molecule has 35 heavy (non-hydrogen) atoms. The molecule has 2 aromatic carbocycles. The fourth-order valence-electron chi connectivity index (χ4n) is 4.44. The molecular weight excluding hydrogens is 481 g/mol. The second-order valence-electron chi connectivity index (χ2n) is 9.02. The Morgan fingerprint density at radius 1 is 1.11 bits per heavy atom. The highest BCUT2D eigenvalue weighted by Crippen LogP contribution is 2.48. The maximum absolute atomic E-state index is 13.1. The maximum Gasteiger partial charge on any atom is 0.439 e. The van der Waals surface area contributed by atoms with Crippen LogP contribution >= 0.6 is 11.6 Å². The molecule has 4 aromatic rings. The third-order valence-corrected chi connectivity index (χ3v) is 6.63. The molecule has 0 spiro atoms. The summed E-state index contributed by atoms with van der Waals surface area (Å²) < 4.78 is 43.8. The number of halogens is 4. The van der Waals surface area contributed by atoms with Crippen molar-refractivity contribution in [1.29, 1.82) is 0 Å². The molecular formula is C25H20ClF3N4O2. The summed E-state index contributed by atoms with van der Waals surface area (Å²) >= 11 is 6.55. The van der Waals surface area contributed by atoms with E-state index in [0.717, 1.165) is 35.0 Å². The Bertz CT molecular complexity index is 1460. The summed E-state index contributed by atoms with van der Waals surface area (Å²) in [4.78, 5) is 19.6. The predicted octanol–water partition coefficient (Wildman–Crippen LogP) is 6.58. The highest BCUT2D eigenvalue weighted by molar-refractivity contribution is 6.33. The maximum atomic E-state index is 13.1. The molecule has 0 radical (unpaired) electrons. The molecule has 1 N–H and O–H groups in total. The number of hydrogen-bond acceptors (Lipinski definition) is 5. The molecule has 0 atom stereocenters. The van der Waals surface area contributed by atoms with E-state index in [4.69, 9.17) is 11.6 Å². The van der Waals surface area contributed by atoms with E-state index in [2.05, 4.69) is 38.4 Å². The van der Waals surface area contributed by atoms with E-state index in [0.29, 0.717) is 22.7 Å². The standard InChI is InChI=1S/C25H20ClF3N4O2/c1-24(2)10-11-33(15-7-8-17(19(26)12-15)22-31-23(34)35-32-22)21-16(4-3-5-18(21)24)14-6-9-20(30-13-14)25(27,28)29/h3-9,12-13H,10-11H2,1-2H3,(H,31,32,34). The molecule has 0 unspecified atom stereocenters. The lowest BCUT2D eigenvalue weighted by molar-refractivity contribution is -0.141. The third kappa shape index (κ3) is 4.20. The van der Waals surface area contributed by atoms with Gasteiger partial charge in [0.2, 0.25) is 0 Å². The van der Waals surface area contributed by atoms with Gasteiger partial charge in [0.1, 0.15) is 5.69 Å². The molecule has 0 saturated heterocycles. The molecule has 0 bridgehead atoms. The number of anilines is 2. The zero-order valence-electron chi connectivity index (χ0n) is 18.8. The van der Waals surface area contributed by atoms with Crippen molar-refractivity contribution in [2.75, 3.05) is 11.4 Å². The van der Waals surface area contributed by atoms with Crippen molar-refractivity contribution in [3.05, 3.63) is 81.6 Å². The fourth-order valence-corrected chi connectivity index (χ4v) is 4.70. The number of para-hydroxylation sites is 1. The van der Waals surface area contributed by atoms with Crippen LogP contribution in [-0.2, 0) is 11.6 Å². The lowest BCUT2D eigenvalue weighted by Crippen LogP contribution is -2.35. The van der Waals surface area contributed by atoms with Gasteiger partial charge in [-0.2, -0.15) is 13.2 Å². The zero-order chi connectivity index (χ0) is 25.0. The average Bonchev–Trinajstić information content (AvgIpc) is 3.24. The van der Waals surface area contributed by atoms with Crippen LogP contribution < -0.4 is 10.7 Å². The minimum atomic E-state index is -4.50. The Labute approximate surface area is 203 Å². The number of alkyl halides is 3. The third-order valence-electron chi connectivity index (χ3n) is 6.32. The van der Waals surface area contributed by atoms with E-state index >= 15 is 0 Å². The van der Waals surface area contributed by atoms with Gasteiger partial charge in [-0.25, -0.2) is 4.79 Å². The Kier molecular flexibility index (Phi) is 5.47. The van der Waals surface area contributed by atoms with Gasteiger partial charge in [-0.3, -0.25) is 14.5 Å². The van der Waals surface area contributed by atoms with Crippen molar-refractivity contribution in [2.45, 2.75) is 31.9 Å². The monoisotopic (exact) mass is 500 g/mol. The first-order valence-corrected chi connectivity index (χ1v) is 11.2. The van der Waals surface area contributed by atoms with Gasteiger partial charge in [-0.15, -0.1) is 0 Å². The van der Waals surface area contributed by atoms with Gasteiger partial charge in [0.15, 0.2) is 5.82 Å². The number of pyridine rings is 1. The van der Waals surface area contributed by atoms with E-state index in [-0.39, 0.29) is 11.2 Å². The van der Waals surface area contributed by atoms with Gasteiger partial charge >= 0.3 is 11.9 Å². The van der Waals surface area contributed by atoms with Crippen LogP contribution in [0.4, 0.5) is 24.5 Å². The van der Waals surface area contributed by atoms with Crippen LogP contribution in [-0.4, -0.2) is 21.7 Å². The Balaban J connectivity index is 1.63. The number of H-pyrrole nitrogens is 1. The number of hydrogen-bond donors (Lipinski definition) is 1. The number of nitrogens with zero attached hydrogens (tertiary/aromatic N) is 3. The highest BCUT2D eigenvalue weighted by Gasteiger charge is 2.35. The summed E-state index contributed by atoms with van der Waals surface area (Å²) in [7, 11) is 0. The second-order valence-corrected chi connectivity index (χ2v) is 9.43. The topological polar surface area (TPSA) is 75.0 Å². The molecule has 5 rings (SSSR count). The molecule has 3 heterocycles. The summed E-state index contributed by atoms with van der Waals surface area (Å²) in [5.41, 5.74) is 3.55. The number of benzene rings is 2. The minimum absolute atomic E-state index is 0.148. The molecule has 1 aliphatic rings. The Morgan fingerprint density at radius 3 is 2.54 bits per heavy atom. The average molecular weight is 501 g/mol. The molecule has 0 fully saturated rings. The number of nitrogens with one attached hydrogen (secondary N) is 1. The van der Waals surface area contributed by atoms with Crippen LogP contribution in [0.15, 0.2) is 64.0 Å². The molecule has 6 nitrogen and oxygen atoms in total. The van der Waals surface area contributed by atoms with Crippen molar-refractivity contribution in [2.24, 2.45) is 0 Å². The predicted molar refractivity (Wildman–Crippen MR) is 127 cm³/mol. The van der Waals surface area contributed by atoms with Gasteiger partial charge < -0.3 is 4.90 Å². The summed E-state index contributed by atoms with van der Waals surface area (Å²) in [5, 5.41) is 4.06. The Hall–Kier alpha value is -3.59. The first-order valence-electron chi connectivity index (χ1n) is 10.9. The minimum Gasteiger partial charge on any atom is -0.341 e. The van der Waals surface area contributed by atoms with Gasteiger partial charge in [0.05, 0.1) is 10.7 Å².